The van der Waals surface area contributed by atoms with Gasteiger partial charge >= 0.3 is 0 Å². The molecule has 12 heteroatoms. The third-order valence-electron chi connectivity index (χ3n) is 7.75. The molecule has 2 saturated carbocycles. The summed E-state index contributed by atoms with van der Waals surface area (Å²) < 4.78 is 18.4. The van der Waals surface area contributed by atoms with Gasteiger partial charge in [-0.25, -0.2) is 4.39 Å². The third kappa shape index (κ3) is 6.73. The molecular formula is C29H33ClFN5O3S2. The Labute approximate surface area is 251 Å². The van der Waals surface area contributed by atoms with Crippen LogP contribution in [-0.4, -0.2) is 34.2 Å². The van der Waals surface area contributed by atoms with Crippen molar-refractivity contribution in [3.63, 3.8) is 0 Å². The van der Waals surface area contributed by atoms with Crippen molar-refractivity contribution >= 4 is 63.6 Å². The molecule has 0 bridgehead atoms. The maximum absolute atomic E-state index is 14.3. The Morgan fingerprint density at radius 2 is 1.66 bits per heavy atom. The maximum atomic E-state index is 14.3. The van der Waals surface area contributed by atoms with Crippen LogP contribution < -0.4 is 21.3 Å². The van der Waals surface area contributed by atoms with E-state index in [9.17, 15) is 18.8 Å². The number of carbonyl (C=O) groups excluding carboxylic acids is 3. The molecule has 2 heterocycles. The first-order chi connectivity index (χ1) is 19.8. The molecule has 2 aromatic heterocycles. The van der Waals surface area contributed by atoms with Gasteiger partial charge in [0.05, 0.1) is 10.7 Å². The minimum Gasteiger partial charge on any atom is -0.395 e. The zero-order chi connectivity index (χ0) is 28.9. The van der Waals surface area contributed by atoms with Crippen molar-refractivity contribution in [2.75, 3.05) is 10.6 Å². The van der Waals surface area contributed by atoms with Gasteiger partial charge in [-0.15, -0.1) is 11.3 Å². The van der Waals surface area contributed by atoms with Crippen LogP contribution in [0, 0.1) is 5.82 Å². The van der Waals surface area contributed by atoms with Crippen molar-refractivity contribution in [2.45, 2.75) is 82.3 Å². The van der Waals surface area contributed by atoms with Crippen LogP contribution in [0.1, 0.15) is 95.3 Å². The van der Waals surface area contributed by atoms with Crippen LogP contribution >= 0.6 is 34.5 Å². The van der Waals surface area contributed by atoms with Crippen LogP contribution in [0.25, 0.3) is 0 Å². The molecule has 3 aromatic rings. The van der Waals surface area contributed by atoms with Crippen molar-refractivity contribution in [2.24, 2.45) is 0 Å². The summed E-state index contributed by atoms with van der Waals surface area (Å²) in [6.45, 7) is 0. The molecule has 0 aliphatic heterocycles. The normalized spacial score (nSPS) is 17.1. The number of halogens is 2. The number of thiophene rings is 1. The SMILES string of the molecule is Nc1c(C(=O)NC2CCCCC2)nsc1C(=O)N(c1ccc(F)c(Cl)c1)C(C(=O)NC1CCCCC1)c1cccs1. The van der Waals surface area contributed by atoms with Crippen LogP contribution in [0.15, 0.2) is 35.7 Å². The van der Waals surface area contributed by atoms with Gasteiger partial charge in [0.15, 0.2) is 11.7 Å². The molecule has 5 rings (SSSR count). The van der Waals surface area contributed by atoms with Crippen LogP contribution in [0.2, 0.25) is 5.02 Å². The van der Waals surface area contributed by atoms with E-state index in [0.29, 0.717) is 4.88 Å². The average molecular weight is 618 g/mol. The third-order valence-corrected chi connectivity index (χ3v) is 9.81. The fraction of sp³-hybridized carbons (Fsp3) is 0.448. The number of nitrogens with one attached hydrogen (secondary N) is 2. The minimum atomic E-state index is -1.08. The van der Waals surface area contributed by atoms with Crippen molar-refractivity contribution in [3.8, 4) is 0 Å². The summed E-state index contributed by atoms with van der Waals surface area (Å²) in [4.78, 5) is 43.2. The molecule has 218 valence electrons. The summed E-state index contributed by atoms with van der Waals surface area (Å²) in [5, 5.41) is 7.76. The number of aromatic nitrogens is 1. The van der Waals surface area contributed by atoms with Crippen LogP contribution in [0.3, 0.4) is 0 Å². The van der Waals surface area contributed by atoms with Crippen molar-refractivity contribution in [3.05, 3.63) is 62.0 Å². The lowest BCUT2D eigenvalue weighted by atomic mass is 9.95. The predicted octanol–water partition coefficient (Wildman–Crippen LogP) is 6.48. The fourth-order valence-electron chi connectivity index (χ4n) is 5.59. The predicted molar refractivity (Wildman–Crippen MR) is 161 cm³/mol. The number of hydrogen-bond donors (Lipinski definition) is 3. The molecule has 0 saturated heterocycles. The fourth-order valence-corrected chi connectivity index (χ4v) is 7.31. The number of nitrogens with two attached hydrogens (primary N) is 1. The summed E-state index contributed by atoms with van der Waals surface area (Å²) in [6.07, 6.45) is 9.90. The van der Waals surface area contributed by atoms with Crippen molar-refractivity contribution in [1.82, 2.24) is 15.0 Å². The van der Waals surface area contributed by atoms with Gasteiger partial charge in [-0.3, -0.25) is 19.3 Å². The quantitative estimate of drug-likeness (QED) is 0.267. The monoisotopic (exact) mass is 617 g/mol. The summed E-state index contributed by atoms with van der Waals surface area (Å²) in [7, 11) is 0. The van der Waals surface area contributed by atoms with Gasteiger partial charge in [0.25, 0.3) is 11.8 Å². The molecule has 2 aliphatic rings. The Balaban J connectivity index is 1.51. The molecule has 1 unspecified atom stereocenters. The molecule has 0 spiro atoms. The van der Waals surface area contributed by atoms with E-state index in [1.54, 1.807) is 12.1 Å². The van der Waals surface area contributed by atoms with Gasteiger partial charge in [0, 0.05) is 22.6 Å². The number of amides is 3. The molecule has 8 nitrogen and oxygen atoms in total. The zero-order valence-corrected chi connectivity index (χ0v) is 24.9. The molecule has 41 heavy (non-hydrogen) atoms. The molecule has 2 aliphatic carbocycles. The number of hydrogen-bond acceptors (Lipinski definition) is 7. The van der Waals surface area contributed by atoms with E-state index in [2.05, 4.69) is 15.0 Å². The Morgan fingerprint density at radius 1 is 1.00 bits per heavy atom. The molecular weight excluding hydrogens is 585 g/mol. The largest absolute Gasteiger partial charge is 0.395 e. The topological polar surface area (TPSA) is 117 Å². The van der Waals surface area contributed by atoms with E-state index in [1.807, 2.05) is 5.38 Å². The van der Waals surface area contributed by atoms with E-state index in [4.69, 9.17) is 17.3 Å². The van der Waals surface area contributed by atoms with Gasteiger partial charge in [-0.05, 0) is 66.9 Å². The number of benzene rings is 1. The summed E-state index contributed by atoms with van der Waals surface area (Å²) in [5.41, 5.74) is 6.54. The minimum absolute atomic E-state index is 0.00368. The first-order valence-corrected chi connectivity index (χ1v) is 16.0. The number of nitrogen functional groups attached to an aromatic ring is 1. The number of rotatable bonds is 8. The highest BCUT2D eigenvalue weighted by Crippen LogP contribution is 2.36. The summed E-state index contributed by atoms with van der Waals surface area (Å²) in [5.74, 6) is -2.06. The molecule has 0 radical (unpaired) electrons. The Morgan fingerprint density at radius 3 is 2.27 bits per heavy atom. The van der Waals surface area contributed by atoms with Crippen molar-refractivity contribution in [1.29, 1.82) is 0 Å². The molecule has 4 N–H and O–H groups in total. The lowest BCUT2D eigenvalue weighted by molar-refractivity contribution is -0.123. The Hall–Kier alpha value is -3.02. The number of anilines is 2. The number of carbonyl (C=O) groups is 3. The Bertz CT molecular complexity index is 1390. The van der Waals surface area contributed by atoms with Gasteiger partial charge in [0.2, 0.25) is 5.91 Å². The first kappa shape index (κ1) is 29.5. The standard InChI is InChI=1S/C29H33ClFN5O3S2/c30-20-16-19(13-14-21(20)31)36(25(22-12-7-15-40-22)28(38)34-18-10-5-2-6-11-18)29(39)26-23(32)24(35-41-26)27(37)33-17-8-3-1-4-9-17/h7,12-18,25H,1-6,8-11,32H2,(H,33,37)(H,34,38). The van der Waals surface area contributed by atoms with E-state index in [1.165, 1.54) is 28.4 Å². The van der Waals surface area contributed by atoms with Gasteiger partial charge in [-0.2, -0.15) is 4.37 Å². The smallest absolute Gasteiger partial charge is 0.273 e. The van der Waals surface area contributed by atoms with Gasteiger partial charge in [0.1, 0.15) is 10.7 Å². The van der Waals surface area contributed by atoms with Crippen LogP contribution in [0.4, 0.5) is 15.8 Å². The summed E-state index contributed by atoms with van der Waals surface area (Å²) in [6, 6.07) is 6.42. The second-order valence-electron chi connectivity index (χ2n) is 10.6. The van der Waals surface area contributed by atoms with E-state index < -0.39 is 23.7 Å². The highest BCUT2D eigenvalue weighted by atomic mass is 35.5. The van der Waals surface area contributed by atoms with E-state index >= 15 is 0 Å². The first-order valence-electron chi connectivity index (χ1n) is 14.0. The van der Waals surface area contributed by atoms with Crippen LogP contribution in [-0.2, 0) is 4.79 Å². The van der Waals surface area contributed by atoms with Crippen LogP contribution in [0.5, 0.6) is 0 Å². The lowest BCUT2D eigenvalue weighted by Crippen LogP contribution is -2.47. The molecule has 3 amide bonds. The summed E-state index contributed by atoms with van der Waals surface area (Å²) >= 11 is 8.28. The van der Waals surface area contributed by atoms with Gasteiger partial charge in [-0.1, -0.05) is 56.2 Å². The van der Waals surface area contributed by atoms with Gasteiger partial charge < -0.3 is 16.4 Å². The maximum Gasteiger partial charge on any atom is 0.273 e. The average Bonchev–Trinajstić information content (AvgIpc) is 3.64. The highest BCUT2D eigenvalue weighted by Gasteiger charge is 2.38. The highest BCUT2D eigenvalue weighted by molar-refractivity contribution is 7.10. The molecule has 1 atom stereocenters. The number of nitrogens with zero attached hydrogens (tertiary/aromatic N) is 2. The second-order valence-corrected chi connectivity index (χ2v) is 12.8. The van der Waals surface area contributed by atoms with E-state index in [0.717, 1.165) is 81.8 Å². The second kappa shape index (κ2) is 13.3. The molecule has 2 fully saturated rings. The van der Waals surface area contributed by atoms with E-state index in [-0.39, 0.29) is 45.0 Å². The lowest BCUT2D eigenvalue weighted by Gasteiger charge is -2.32. The Kier molecular flexibility index (Phi) is 9.57. The zero-order valence-electron chi connectivity index (χ0n) is 22.5. The van der Waals surface area contributed by atoms with Crippen molar-refractivity contribution < 1.29 is 18.8 Å². The molecule has 1 aromatic carbocycles.